The Morgan fingerprint density at radius 1 is 1.33 bits per heavy atom. The summed E-state index contributed by atoms with van der Waals surface area (Å²) in [5.74, 6) is -0.107. The van der Waals surface area contributed by atoms with Crippen molar-refractivity contribution >= 4 is 21.2 Å². The topological polar surface area (TPSA) is 64.8 Å². The van der Waals surface area contributed by atoms with Gasteiger partial charge in [0.25, 0.3) is 0 Å². The summed E-state index contributed by atoms with van der Waals surface area (Å²) in [5.41, 5.74) is 0.459. The van der Waals surface area contributed by atoms with Crippen LogP contribution in [0.5, 0.6) is 0 Å². The molecular formula is C14H21N3O2S2. The lowest BCUT2D eigenvalue weighted by Gasteiger charge is -2.14. The van der Waals surface area contributed by atoms with Gasteiger partial charge in [-0.1, -0.05) is 20.8 Å². The summed E-state index contributed by atoms with van der Waals surface area (Å²) >= 11 is 1.25. The van der Waals surface area contributed by atoms with Crippen LogP contribution in [0.4, 0.5) is 0 Å². The average molecular weight is 327 g/mol. The third-order valence-corrected chi connectivity index (χ3v) is 6.56. The highest BCUT2D eigenvalue weighted by atomic mass is 32.2. The number of thiazole rings is 1. The van der Waals surface area contributed by atoms with Crippen molar-refractivity contribution in [3.8, 4) is 0 Å². The summed E-state index contributed by atoms with van der Waals surface area (Å²) in [4.78, 5) is 5.05. The smallest absolute Gasteiger partial charge is 0.211 e. The fourth-order valence-corrected chi connectivity index (χ4v) is 4.29. The predicted molar refractivity (Wildman–Crippen MR) is 84.3 cm³/mol. The van der Waals surface area contributed by atoms with Crippen LogP contribution in [0, 0.1) is 0 Å². The van der Waals surface area contributed by atoms with Gasteiger partial charge in [0.2, 0.25) is 14.2 Å². The number of hydrogen-bond acceptors (Lipinski definition) is 5. The van der Waals surface area contributed by atoms with Crippen molar-refractivity contribution in [3.05, 3.63) is 29.0 Å². The summed E-state index contributed by atoms with van der Waals surface area (Å²) in [6.45, 7) is 10.1. The van der Waals surface area contributed by atoms with Gasteiger partial charge < -0.3 is 0 Å². The van der Waals surface area contributed by atoms with E-state index in [4.69, 9.17) is 0 Å². The molecule has 2 rings (SSSR count). The zero-order chi connectivity index (χ0) is 15.8. The lowest BCUT2D eigenvalue weighted by atomic mass is 9.96. The second-order valence-corrected chi connectivity index (χ2v) is 9.57. The molecule has 0 amide bonds. The zero-order valence-electron chi connectivity index (χ0n) is 13.0. The molecule has 2 aromatic heterocycles. The summed E-state index contributed by atoms with van der Waals surface area (Å²) < 4.78 is 26.8. The van der Waals surface area contributed by atoms with Gasteiger partial charge in [-0.15, -0.1) is 11.3 Å². The van der Waals surface area contributed by atoms with E-state index >= 15 is 0 Å². The molecule has 0 saturated heterocycles. The number of rotatable bonds is 4. The first-order chi connectivity index (χ1) is 9.59. The summed E-state index contributed by atoms with van der Waals surface area (Å²) in [6, 6.07) is 1.96. The van der Waals surface area contributed by atoms with E-state index in [-0.39, 0.29) is 21.5 Å². The molecule has 0 bridgehead atoms. The molecule has 2 aromatic rings. The van der Waals surface area contributed by atoms with Crippen molar-refractivity contribution in [2.75, 3.05) is 0 Å². The lowest BCUT2D eigenvalue weighted by molar-refractivity contribution is 0.527. The molecule has 0 aliphatic rings. The first-order valence-electron chi connectivity index (χ1n) is 6.83. The highest BCUT2D eigenvalue weighted by molar-refractivity contribution is 7.92. The average Bonchev–Trinajstić information content (AvgIpc) is 2.94. The highest BCUT2D eigenvalue weighted by Gasteiger charge is 2.24. The van der Waals surface area contributed by atoms with Gasteiger partial charge in [0.1, 0.15) is 5.75 Å². The maximum Gasteiger partial charge on any atom is 0.211 e. The minimum atomic E-state index is -3.43. The van der Waals surface area contributed by atoms with Crippen LogP contribution < -0.4 is 0 Å². The molecule has 0 radical (unpaired) electrons. The number of nitrogens with zero attached hydrogens (tertiary/aromatic N) is 3. The molecule has 116 valence electrons. The van der Waals surface area contributed by atoms with Crippen molar-refractivity contribution in [1.29, 1.82) is 0 Å². The Hall–Kier alpha value is -1.21. The van der Waals surface area contributed by atoms with E-state index in [2.05, 4.69) is 10.1 Å². The van der Waals surface area contributed by atoms with E-state index in [1.807, 2.05) is 34.6 Å². The first kappa shape index (κ1) is 16.2. The fraction of sp³-hybridized carbons (Fsp3) is 0.571. The molecule has 0 unspecified atom stereocenters. The van der Waals surface area contributed by atoms with E-state index in [0.29, 0.717) is 5.69 Å². The second-order valence-electron chi connectivity index (χ2n) is 6.38. The van der Waals surface area contributed by atoms with Crippen molar-refractivity contribution in [2.45, 2.75) is 56.2 Å². The van der Waals surface area contributed by atoms with Gasteiger partial charge in [-0.05, 0) is 25.3 Å². The number of hydrogen-bond donors (Lipinski definition) is 0. The normalized spacial score (nSPS) is 13.0. The molecule has 0 aliphatic heterocycles. The number of aromatic nitrogens is 3. The van der Waals surface area contributed by atoms with Gasteiger partial charge in [0.15, 0.2) is 0 Å². The van der Waals surface area contributed by atoms with Gasteiger partial charge in [0, 0.05) is 23.3 Å². The van der Waals surface area contributed by atoms with Gasteiger partial charge in [-0.3, -0.25) is 4.68 Å². The highest BCUT2D eigenvalue weighted by Crippen LogP contribution is 2.30. The standard InChI is InChI=1S/C14H21N3O2S2/c1-10(2)17-7-6-11(16-17)9-21(18,19)13-15-8-12(20-13)14(3,4)5/h6-8,10H,9H2,1-5H3. The quantitative estimate of drug-likeness (QED) is 0.865. The third kappa shape index (κ3) is 3.71. The fourth-order valence-electron chi connectivity index (χ4n) is 1.75. The largest absolute Gasteiger partial charge is 0.270 e. The van der Waals surface area contributed by atoms with Crippen LogP contribution in [0.1, 0.15) is 51.2 Å². The summed E-state index contributed by atoms with van der Waals surface area (Å²) in [5, 5.41) is 4.29. The molecule has 0 atom stereocenters. The zero-order valence-corrected chi connectivity index (χ0v) is 14.6. The molecule has 0 fully saturated rings. The van der Waals surface area contributed by atoms with Crippen LogP contribution >= 0.6 is 11.3 Å². The minimum absolute atomic E-state index is 0.0926. The van der Waals surface area contributed by atoms with Crippen LogP contribution in [0.15, 0.2) is 22.8 Å². The number of sulfone groups is 1. The SMILES string of the molecule is CC(C)n1ccc(CS(=O)(=O)c2ncc(C(C)(C)C)s2)n1. The van der Waals surface area contributed by atoms with Crippen LogP contribution in [-0.2, 0) is 21.0 Å². The van der Waals surface area contributed by atoms with E-state index in [0.717, 1.165) is 4.88 Å². The summed E-state index contributed by atoms with van der Waals surface area (Å²) in [7, 11) is -3.43. The van der Waals surface area contributed by atoms with E-state index in [9.17, 15) is 8.42 Å². The monoisotopic (exact) mass is 327 g/mol. The molecular weight excluding hydrogens is 306 g/mol. The Balaban J connectivity index is 2.23. The van der Waals surface area contributed by atoms with E-state index in [1.54, 1.807) is 23.1 Å². The van der Waals surface area contributed by atoms with Crippen LogP contribution in [0.3, 0.4) is 0 Å². The van der Waals surface area contributed by atoms with E-state index < -0.39 is 9.84 Å². The van der Waals surface area contributed by atoms with E-state index in [1.165, 1.54) is 11.3 Å². The maximum absolute atomic E-state index is 12.4. The predicted octanol–water partition coefficient (Wildman–Crippen LogP) is 3.19. The van der Waals surface area contributed by atoms with Crippen molar-refractivity contribution < 1.29 is 8.42 Å². The molecule has 0 aliphatic carbocycles. The third-order valence-electron chi connectivity index (χ3n) is 3.02. The van der Waals surface area contributed by atoms with Crippen molar-refractivity contribution in [2.24, 2.45) is 0 Å². The van der Waals surface area contributed by atoms with Gasteiger partial charge >= 0.3 is 0 Å². The molecule has 0 aromatic carbocycles. The van der Waals surface area contributed by atoms with Gasteiger partial charge in [-0.2, -0.15) is 5.10 Å². The van der Waals surface area contributed by atoms with Crippen molar-refractivity contribution in [1.82, 2.24) is 14.8 Å². The molecule has 2 heterocycles. The Labute approximate surface area is 130 Å². The first-order valence-corrected chi connectivity index (χ1v) is 9.29. The van der Waals surface area contributed by atoms with Gasteiger partial charge in [0.05, 0.1) is 5.69 Å². The Kier molecular flexibility index (Phi) is 4.26. The molecule has 0 N–H and O–H groups in total. The second kappa shape index (κ2) is 5.53. The van der Waals surface area contributed by atoms with Gasteiger partial charge in [-0.25, -0.2) is 13.4 Å². The Morgan fingerprint density at radius 3 is 2.48 bits per heavy atom. The molecule has 21 heavy (non-hydrogen) atoms. The minimum Gasteiger partial charge on any atom is -0.270 e. The molecule has 5 nitrogen and oxygen atoms in total. The Morgan fingerprint density at radius 2 is 2.00 bits per heavy atom. The summed E-state index contributed by atoms with van der Waals surface area (Å²) in [6.07, 6.45) is 3.46. The molecule has 0 saturated carbocycles. The van der Waals surface area contributed by atoms with Crippen LogP contribution in [-0.4, -0.2) is 23.2 Å². The lowest BCUT2D eigenvalue weighted by Crippen LogP contribution is -2.08. The molecule has 0 spiro atoms. The van der Waals surface area contributed by atoms with Crippen molar-refractivity contribution in [3.63, 3.8) is 0 Å². The molecule has 7 heteroatoms. The van der Waals surface area contributed by atoms with Crippen LogP contribution in [0.2, 0.25) is 0 Å². The Bertz CT molecular complexity index is 721. The maximum atomic E-state index is 12.4. The van der Waals surface area contributed by atoms with Crippen LogP contribution in [0.25, 0.3) is 0 Å².